The molecule has 0 amide bonds. The Morgan fingerprint density at radius 1 is 1.12 bits per heavy atom. The molecule has 5 heteroatoms. The van der Waals surface area contributed by atoms with E-state index < -0.39 is 11.9 Å². The first-order valence-electron chi connectivity index (χ1n) is 4.52. The van der Waals surface area contributed by atoms with Crippen LogP contribution in [0.2, 0.25) is 0 Å². The second kappa shape index (κ2) is 5.16. The minimum atomic E-state index is -0.619. The molecule has 0 saturated carbocycles. The van der Waals surface area contributed by atoms with Gasteiger partial charge < -0.3 is 14.2 Å². The van der Waals surface area contributed by atoms with Crippen molar-refractivity contribution in [3.05, 3.63) is 35.3 Å². The number of hydrogen-bond acceptors (Lipinski definition) is 5. The molecule has 0 aromatic carbocycles. The Morgan fingerprint density at radius 2 is 1.69 bits per heavy atom. The van der Waals surface area contributed by atoms with Crippen LogP contribution in [0.5, 0.6) is 0 Å². The van der Waals surface area contributed by atoms with Crippen LogP contribution in [0.1, 0.15) is 6.92 Å². The Kier molecular flexibility index (Phi) is 3.88. The summed E-state index contributed by atoms with van der Waals surface area (Å²) in [6.45, 7) is 1.66. The highest BCUT2D eigenvalue weighted by atomic mass is 16.5. The zero-order chi connectivity index (χ0) is 12.1. The summed E-state index contributed by atoms with van der Waals surface area (Å²) in [5.74, 6) is -0.753. The van der Waals surface area contributed by atoms with Crippen LogP contribution in [-0.2, 0) is 23.8 Å². The van der Waals surface area contributed by atoms with E-state index in [1.54, 1.807) is 6.92 Å². The van der Waals surface area contributed by atoms with Gasteiger partial charge in [-0.3, -0.25) is 0 Å². The Balaban J connectivity index is 3.28. The van der Waals surface area contributed by atoms with Crippen LogP contribution < -0.4 is 0 Å². The number of methoxy groups -OCH3 is 2. The fourth-order valence-corrected chi connectivity index (χ4v) is 1.18. The normalized spacial score (nSPS) is 14.8. The maximum absolute atomic E-state index is 11.5. The Hall–Kier alpha value is -2.04. The number of rotatable bonds is 2. The molecule has 0 fully saturated rings. The average molecular weight is 224 g/mol. The quantitative estimate of drug-likeness (QED) is 0.657. The lowest BCUT2D eigenvalue weighted by atomic mass is 10.1. The first-order chi connectivity index (χ1) is 7.60. The summed E-state index contributed by atoms with van der Waals surface area (Å²) in [6, 6.07) is 0. The van der Waals surface area contributed by atoms with Crippen molar-refractivity contribution in [2.75, 3.05) is 14.2 Å². The van der Waals surface area contributed by atoms with Crippen molar-refractivity contribution in [3.63, 3.8) is 0 Å². The van der Waals surface area contributed by atoms with Crippen molar-refractivity contribution in [3.8, 4) is 0 Å². The second-order valence-electron chi connectivity index (χ2n) is 2.99. The molecule has 0 aromatic heterocycles. The summed E-state index contributed by atoms with van der Waals surface area (Å²) in [5, 5.41) is 0. The van der Waals surface area contributed by atoms with Crippen molar-refractivity contribution in [2.45, 2.75) is 6.92 Å². The average Bonchev–Trinajstić information content (AvgIpc) is 2.49. The zero-order valence-electron chi connectivity index (χ0n) is 9.27. The topological polar surface area (TPSA) is 61.8 Å². The lowest BCUT2D eigenvalue weighted by Gasteiger charge is -2.04. The van der Waals surface area contributed by atoms with E-state index >= 15 is 0 Å². The number of allylic oxidation sites excluding steroid dienone is 1. The van der Waals surface area contributed by atoms with Crippen LogP contribution in [0.4, 0.5) is 0 Å². The Bertz CT molecular complexity index is 401. The molecule has 0 saturated heterocycles. The molecule has 0 radical (unpaired) electrons. The maximum Gasteiger partial charge on any atom is 0.338 e. The lowest BCUT2D eigenvalue weighted by molar-refractivity contribution is -0.138. The van der Waals surface area contributed by atoms with Gasteiger partial charge in [0.1, 0.15) is 5.76 Å². The van der Waals surface area contributed by atoms with Crippen LogP contribution in [-0.4, -0.2) is 26.2 Å². The molecule has 1 rings (SSSR count). The monoisotopic (exact) mass is 224 g/mol. The molecule has 5 nitrogen and oxygen atoms in total. The summed E-state index contributed by atoms with van der Waals surface area (Å²) in [7, 11) is 2.48. The largest absolute Gasteiger partial charge is 0.470 e. The van der Waals surface area contributed by atoms with E-state index in [0.717, 1.165) is 0 Å². The van der Waals surface area contributed by atoms with E-state index in [1.165, 1.54) is 32.6 Å². The molecule has 0 unspecified atom stereocenters. The van der Waals surface area contributed by atoms with Crippen molar-refractivity contribution in [2.24, 2.45) is 0 Å². The number of esters is 2. The smallest absolute Gasteiger partial charge is 0.338 e. The molecule has 1 heterocycles. The van der Waals surface area contributed by atoms with Gasteiger partial charge in [0, 0.05) is 0 Å². The Morgan fingerprint density at radius 3 is 2.25 bits per heavy atom. The van der Waals surface area contributed by atoms with Crippen LogP contribution in [0, 0.1) is 0 Å². The van der Waals surface area contributed by atoms with E-state index in [2.05, 4.69) is 9.47 Å². The fraction of sp³-hybridized carbons (Fsp3) is 0.273. The van der Waals surface area contributed by atoms with Crippen LogP contribution in [0.15, 0.2) is 35.3 Å². The summed E-state index contributed by atoms with van der Waals surface area (Å²) >= 11 is 0. The standard InChI is InChI=1S/C11H12O5/c1-7-6-9(11(13)15-3)8(4-5-16-7)10(12)14-2/h4-6H,1-3H3. The molecule has 0 atom stereocenters. The number of carbonyl (C=O) groups excluding carboxylic acids is 2. The molecule has 86 valence electrons. The first kappa shape index (κ1) is 12.0. The van der Waals surface area contributed by atoms with Crippen LogP contribution >= 0.6 is 0 Å². The summed E-state index contributed by atoms with van der Waals surface area (Å²) in [4.78, 5) is 22.9. The van der Waals surface area contributed by atoms with Gasteiger partial charge in [0.05, 0.1) is 31.6 Å². The Labute approximate surface area is 93.0 Å². The van der Waals surface area contributed by atoms with Crippen molar-refractivity contribution < 1.29 is 23.8 Å². The second-order valence-corrected chi connectivity index (χ2v) is 2.99. The molecular weight excluding hydrogens is 212 g/mol. The molecule has 0 spiro atoms. The SMILES string of the molecule is COC(=O)C1=C(C(=O)OC)C=C(C)OC=C1. The third-order valence-electron chi connectivity index (χ3n) is 1.94. The van der Waals surface area contributed by atoms with Crippen LogP contribution in [0.3, 0.4) is 0 Å². The highest BCUT2D eigenvalue weighted by Gasteiger charge is 2.20. The van der Waals surface area contributed by atoms with E-state index in [9.17, 15) is 9.59 Å². The molecule has 0 aromatic rings. The summed E-state index contributed by atoms with van der Waals surface area (Å²) in [5.41, 5.74) is 0.215. The summed E-state index contributed by atoms with van der Waals surface area (Å²) in [6.07, 6.45) is 4.11. The van der Waals surface area contributed by atoms with Gasteiger partial charge in [-0.15, -0.1) is 0 Å². The van der Waals surface area contributed by atoms with Crippen molar-refractivity contribution in [1.82, 2.24) is 0 Å². The third-order valence-corrected chi connectivity index (χ3v) is 1.94. The van der Waals surface area contributed by atoms with Crippen molar-refractivity contribution in [1.29, 1.82) is 0 Å². The van der Waals surface area contributed by atoms with Gasteiger partial charge in [0.25, 0.3) is 0 Å². The van der Waals surface area contributed by atoms with E-state index in [-0.39, 0.29) is 11.1 Å². The molecular formula is C11H12O5. The third kappa shape index (κ3) is 2.50. The molecule has 0 aliphatic carbocycles. The van der Waals surface area contributed by atoms with Crippen LogP contribution in [0.25, 0.3) is 0 Å². The van der Waals surface area contributed by atoms with E-state index in [4.69, 9.17) is 4.74 Å². The number of carbonyl (C=O) groups is 2. The number of ether oxygens (including phenoxy) is 3. The van der Waals surface area contributed by atoms with Crippen molar-refractivity contribution >= 4 is 11.9 Å². The van der Waals surface area contributed by atoms with E-state index in [0.29, 0.717) is 5.76 Å². The van der Waals surface area contributed by atoms with Gasteiger partial charge in [-0.2, -0.15) is 0 Å². The molecule has 0 N–H and O–H groups in total. The maximum atomic E-state index is 11.5. The van der Waals surface area contributed by atoms with Gasteiger partial charge in [-0.05, 0) is 19.1 Å². The van der Waals surface area contributed by atoms with Gasteiger partial charge >= 0.3 is 11.9 Å². The van der Waals surface area contributed by atoms with Gasteiger partial charge in [-0.1, -0.05) is 0 Å². The van der Waals surface area contributed by atoms with Gasteiger partial charge in [0.15, 0.2) is 0 Å². The van der Waals surface area contributed by atoms with Gasteiger partial charge in [0.2, 0.25) is 0 Å². The lowest BCUT2D eigenvalue weighted by Crippen LogP contribution is -2.12. The first-order valence-corrected chi connectivity index (χ1v) is 4.52. The minimum Gasteiger partial charge on any atom is -0.470 e. The number of hydrogen-bond donors (Lipinski definition) is 0. The van der Waals surface area contributed by atoms with Gasteiger partial charge in [-0.25, -0.2) is 9.59 Å². The minimum absolute atomic E-state index is 0.103. The molecule has 16 heavy (non-hydrogen) atoms. The van der Waals surface area contributed by atoms with E-state index in [1.807, 2.05) is 0 Å². The predicted molar refractivity (Wildman–Crippen MR) is 55.0 cm³/mol. The molecule has 0 bridgehead atoms. The molecule has 1 aliphatic heterocycles. The highest BCUT2D eigenvalue weighted by Crippen LogP contribution is 2.18. The predicted octanol–water partition coefficient (Wildman–Crippen LogP) is 1.08. The molecule has 1 aliphatic rings. The zero-order valence-corrected chi connectivity index (χ0v) is 9.27. The summed E-state index contributed by atoms with van der Waals surface area (Å²) < 4.78 is 14.2. The fourth-order valence-electron chi connectivity index (χ4n) is 1.18. The highest BCUT2D eigenvalue weighted by molar-refractivity contribution is 6.04.